The van der Waals surface area contributed by atoms with E-state index >= 15 is 0 Å². The smallest absolute Gasteiger partial charge is 0.0702 e. The van der Waals surface area contributed by atoms with E-state index in [9.17, 15) is 5.11 Å². The van der Waals surface area contributed by atoms with Crippen molar-refractivity contribution in [1.29, 1.82) is 0 Å². The zero-order chi connectivity index (χ0) is 14.1. The molecule has 0 spiro atoms. The third kappa shape index (κ3) is 6.21. The summed E-state index contributed by atoms with van der Waals surface area (Å²) in [5.74, 6) is 0. The van der Waals surface area contributed by atoms with Gasteiger partial charge in [0.2, 0.25) is 0 Å². The fraction of sp³-hybridized carbons (Fsp3) is 1.00. The summed E-state index contributed by atoms with van der Waals surface area (Å²) in [4.78, 5) is 2.51. The van der Waals surface area contributed by atoms with E-state index in [1.165, 1.54) is 19.4 Å². The Hall–Kier alpha value is -0.160. The molecule has 1 aliphatic rings. The van der Waals surface area contributed by atoms with Gasteiger partial charge in [0, 0.05) is 18.7 Å². The molecule has 2 N–H and O–H groups in total. The van der Waals surface area contributed by atoms with E-state index in [1.807, 2.05) is 7.05 Å². The lowest BCUT2D eigenvalue weighted by Gasteiger charge is -2.34. The van der Waals surface area contributed by atoms with Crippen molar-refractivity contribution in [3.8, 4) is 0 Å². The fourth-order valence-electron chi connectivity index (χ4n) is 2.61. The summed E-state index contributed by atoms with van der Waals surface area (Å²) in [6.45, 7) is 8.72. The van der Waals surface area contributed by atoms with E-state index in [-0.39, 0.29) is 12.1 Å². The SMILES string of the molecule is CCCOC1CCCN(CCCC(C)(CO)NC)C1. The summed E-state index contributed by atoms with van der Waals surface area (Å²) in [5.41, 5.74) is -0.131. The minimum absolute atomic E-state index is 0.131. The highest BCUT2D eigenvalue weighted by Gasteiger charge is 2.23. The Bertz CT molecular complexity index is 232. The van der Waals surface area contributed by atoms with Crippen molar-refractivity contribution in [2.24, 2.45) is 0 Å². The minimum Gasteiger partial charge on any atom is -0.394 e. The fourth-order valence-corrected chi connectivity index (χ4v) is 2.61. The molecule has 114 valence electrons. The van der Waals surface area contributed by atoms with Crippen molar-refractivity contribution in [3.63, 3.8) is 0 Å². The van der Waals surface area contributed by atoms with Crippen LogP contribution in [-0.4, -0.2) is 61.5 Å². The van der Waals surface area contributed by atoms with Gasteiger partial charge in [-0.05, 0) is 59.2 Å². The molecule has 1 fully saturated rings. The molecule has 1 rings (SSSR count). The van der Waals surface area contributed by atoms with Crippen LogP contribution in [0.5, 0.6) is 0 Å². The minimum atomic E-state index is -0.131. The van der Waals surface area contributed by atoms with Gasteiger partial charge in [-0.3, -0.25) is 0 Å². The molecule has 1 saturated heterocycles. The molecule has 2 unspecified atom stereocenters. The Morgan fingerprint density at radius 1 is 1.47 bits per heavy atom. The van der Waals surface area contributed by atoms with E-state index in [0.717, 1.165) is 39.0 Å². The van der Waals surface area contributed by atoms with Crippen molar-refractivity contribution in [2.75, 3.05) is 39.9 Å². The summed E-state index contributed by atoms with van der Waals surface area (Å²) in [6.07, 6.45) is 6.13. The van der Waals surface area contributed by atoms with Crippen molar-refractivity contribution in [3.05, 3.63) is 0 Å². The Morgan fingerprint density at radius 3 is 2.89 bits per heavy atom. The third-order valence-electron chi connectivity index (χ3n) is 4.18. The summed E-state index contributed by atoms with van der Waals surface area (Å²) in [6, 6.07) is 0. The van der Waals surface area contributed by atoms with Crippen LogP contribution in [0.25, 0.3) is 0 Å². The first-order valence-corrected chi connectivity index (χ1v) is 7.77. The number of ether oxygens (including phenoxy) is 1. The summed E-state index contributed by atoms with van der Waals surface area (Å²) < 4.78 is 5.86. The highest BCUT2D eigenvalue weighted by molar-refractivity contribution is 4.81. The van der Waals surface area contributed by atoms with Gasteiger partial charge in [0.1, 0.15) is 0 Å². The Morgan fingerprint density at radius 2 is 2.26 bits per heavy atom. The van der Waals surface area contributed by atoms with Crippen LogP contribution in [0.3, 0.4) is 0 Å². The maximum Gasteiger partial charge on any atom is 0.0702 e. The Balaban J connectivity index is 2.21. The summed E-state index contributed by atoms with van der Waals surface area (Å²) in [5, 5.41) is 12.6. The average Bonchev–Trinajstić information content (AvgIpc) is 2.45. The predicted octanol–water partition coefficient (Wildman–Crippen LogP) is 1.63. The molecular weight excluding hydrogens is 240 g/mol. The van der Waals surface area contributed by atoms with Crippen LogP contribution in [-0.2, 0) is 4.74 Å². The largest absolute Gasteiger partial charge is 0.394 e. The predicted molar refractivity (Wildman–Crippen MR) is 79.5 cm³/mol. The molecule has 0 radical (unpaired) electrons. The van der Waals surface area contributed by atoms with Gasteiger partial charge < -0.3 is 20.1 Å². The number of nitrogens with zero attached hydrogens (tertiary/aromatic N) is 1. The third-order valence-corrected chi connectivity index (χ3v) is 4.18. The standard InChI is InChI=1S/C15H32N2O2/c1-4-11-19-14-7-5-9-17(12-14)10-6-8-15(2,13-18)16-3/h14,16,18H,4-13H2,1-3H3. The number of hydrogen-bond donors (Lipinski definition) is 2. The quantitative estimate of drug-likeness (QED) is 0.669. The van der Waals surface area contributed by atoms with Gasteiger partial charge in [0.15, 0.2) is 0 Å². The molecule has 0 saturated carbocycles. The topological polar surface area (TPSA) is 44.7 Å². The first-order chi connectivity index (χ1) is 9.13. The second-order valence-corrected chi connectivity index (χ2v) is 6.01. The van der Waals surface area contributed by atoms with Crippen LogP contribution in [0.1, 0.15) is 46.0 Å². The van der Waals surface area contributed by atoms with Gasteiger partial charge in [-0.2, -0.15) is 0 Å². The van der Waals surface area contributed by atoms with Crippen LogP contribution in [0.15, 0.2) is 0 Å². The number of nitrogens with one attached hydrogen (secondary N) is 1. The molecule has 0 aromatic carbocycles. The molecule has 2 atom stereocenters. The first kappa shape index (κ1) is 16.9. The van der Waals surface area contributed by atoms with Crippen LogP contribution in [0, 0.1) is 0 Å². The number of piperidine rings is 1. The molecule has 19 heavy (non-hydrogen) atoms. The lowest BCUT2D eigenvalue weighted by atomic mass is 9.96. The van der Waals surface area contributed by atoms with Gasteiger partial charge in [0.05, 0.1) is 12.7 Å². The lowest BCUT2D eigenvalue weighted by molar-refractivity contribution is -0.000971. The number of rotatable bonds is 9. The molecular formula is C15H32N2O2. The highest BCUT2D eigenvalue weighted by Crippen LogP contribution is 2.16. The van der Waals surface area contributed by atoms with Crippen molar-refractivity contribution in [1.82, 2.24) is 10.2 Å². The number of hydrogen-bond acceptors (Lipinski definition) is 4. The number of aliphatic hydroxyl groups excluding tert-OH is 1. The second-order valence-electron chi connectivity index (χ2n) is 6.01. The van der Waals surface area contributed by atoms with E-state index in [2.05, 4.69) is 24.1 Å². The van der Waals surface area contributed by atoms with Crippen molar-refractivity contribution < 1.29 is 9.84 Å². The molecule has 0 amide bonds. The van der Waals surface area contributed by atoms with Crippen LogP contribution >= 0.6 is 0 Å². The molecule has 0 aliphatic carbocycles. The Labute approximate surface area is 118 Å². The normalized spacial score (nSPS) is 24.3. The molecule has 0 aromatic rings. The molecule has 4 heteroatoms. The zero-order valence-electron chi connectivity index (χ0n) is 13.0. The number of likely N-dealkylation sites (tertiary alicyclic amines) is 1. The van der Waals surface area contributed by atoms with Crippen LogP contribution in [0.2, 0.25) is 0 Å². The van der Waals surface area contributed by atoms with Gasteiger partial charge >= 0.3 is 0 Å². The van der Waals surface area contributed by atoms with Gasteiger partial charge in [-0.1, -0.05) is 6.92 Å². The zero-order valence-corrected chi connectivity index (χ0v) is 13.0. The maximum absolute atomic E-state index is 9.37. The summed E-state index contributed by atoms with van der Waals surface area (Å²) >= 11 is 0. The molecule has 4 nitrogen and oxygen atoms in total. The van der Waals surface area contributed by atoms with Gasteiger partial charge in [-0.25, -0.2) is 0 Å². The second kappa shape index (κ2) is 8.90. The van der Waals surface area contributed by atoms with Gasteiger partial charge in [-0.15, -0.1) is 0 Å². The Kier molecular flexibility index (Phi) is 7.91. The van der Waals surface area contributed by atoms with Gasteiger partial charge in [0.25, 0.3) is 0 Å². The molecule has 1 heterocycles. The van der Waals surface area contributed by atoms with E-state index < -0.39 is 0 Å². The summed E-state index contributed by atoms with van der Waals surface area (Å²) in [7, 11) is 1.92. The molecule has 0 bridgehead atoms. The number of aliphatic hydroxyl groups is 1. The molecule has 1 aliphatic heterocycles. The number of likely N-dealkylation sites (N-methyl/N-ethyl adjacent to an activating group) is 1. The van der Waals surface area contributed by atoms with Crippen molar-refractivity contribution in [2.45, 2.75) is 57.6 Å². The van der Waals surface area contributed by atoms with Crippen molar-refractivity contribution >= 4 is 0 Å². The monoisotopic (exact) mass is 272 g/mol. The van der Waals surface area contributed by atoms with E-state index in [1.54, 1.807) is 0 Å². The lowest BCUT2D eigenvalue weighted by Crippen LogP contribution is -2.45. The molecule has 0 aromatic heterocycles. The highest BCUT2D eigenvalue weighted by atomic mass is 16.5. The van der Waals surface area contributed by atoms with Crippen LogP contribution < -0.4 is 5.32 Å². The van der Waals surface area contributed by atoms with E-state index in [0.29, 0.717) is 6.10 Å². The average molecular weight is 272 g/mol. The van der Waals surface area contributed by atoms with Crippen LogP contribution in [0.4, 0.5) is 0 Å². The van der Waals surface area contributed by atoms with E-state index in [4.69, 9.17) is 4.74 Å². The maximum atomic E-state index is 9.37. The first-order valence-electron chi connectivity index (χ1n) is 7.77.